The van der Waals surface area contributed by atoms with Gasteiger partial charge in [-0.2, -0.15) is 0 Å². The molecule has 3 rings (SSSR count). The van der Waals surface area contributed by atoms with Gasteiger partial charge in [0.1, 0.15) is 6.17 Å². The maximum atomic E-state index is 13.2. The average molecular weight is 172 g/mol. The van der Waals surface area contributed by atoms with Crippen LogP contribution in [0.2, 0.25) is 0 Å². The second kappa shape index (κ2) is 2.44. The fourth-order valence-electron chi connectivity index (χ4n) is 2.60. The lowest BCUT2D eigenvalue weighted by Crippen LogP contribution is -2.45. The molecule has 2 bridgehead atoms. The van der Waals surface area contributed by atoms with Crippen molar-refractivity contribution in [3.05, 3.63) is 0 Å². The smallest absolute Gasteiger partial charge is 0.309 e. The van der Waals surface area contributed by atoms with Gasteiger partial charge in [0.15, 0.2) is 0 Å². The predicted molar refractivity (Wildman–Crippen MR) is 41.5 cm³/mol. The van der Waals surface area contributed by atoms with Crippen LogP contribution in [0, 0.1) is 11.3 Å². The van der Waals surface area contributed by atoms with Crippen LogP contribution in [0.1, 0.15) is 32.1 Å². The van der Waals surface area contributed by atoms with Crippen molar-refractivity contribution >= 4 is 5.97 Å². The van der Waals surface area contributed by atoms with E-state index < -0.39 is 17.6 Å². The summed E-state index contributed by atoms with van der Waals surface area (Å²) < 4.78 is 13.2. The van der Waals surface area contributed by atoms with Gasteiger partial charge in [-0.1, -0.05) is 0 Å². The molecule has 0 heterocycles. The van der Waals surface area contributed by atoms with Gasteiger partial charge in [-0.15, -0.1) is 0 Å². The molecule has 1 N–H and O–H groups in total. The lowest BCUT2D eigenvalue weighted by Gasteiger charge is -2.45. The summed E-state index contributed by atoms with van der Waals surface area (Å²) in [5, 5.41) is 8.96. The van der Waals surface area contributed by atoms with Crippen LogP contribution in [0.25, 0.3) is 0 Å². The molecule has 68 valence electrons. The Kier molecular flexibility index (Phi) is 1.63. The molecule has 0 aromatic rings. The first-order valence-electron chi connectivity index (χ1n) is 4.51. The first kappa shape index (κ1) is 8.02. The summed E-state index contributed by atoms with van der Waals surface area (Å²) in [6.07, 6.45) is 2.32. The van der Waals surface area contributed by atoms with Crippen molar-refractivity contribution < 1.29 is 14.3 Å². The Balaban J connectivity index is 2.21. The second-order valence-corrected chi connectivity index (χ2v) is 4.14. The van der Waals surface area contributed by atoms with Gasteiger partial charge >= 0.3 is 5.97 Å². The van der Waals surface area contributed by atoms with Crippen molar-refractivity contribution in [2.24, 2.45) is 11.3 Å². The Hall–Kier alpha value is -0.600. The molecule has 0 aromatic carbocycles. The highest BCUT2D eigenvalue weighted by Crippen LogP contribution is 2.51. The van der Waals surface area contributed by atoms with Crippen molar-refractivity contribution in [2.45, 2.75) is 38.3 Å². The van der Waals surface area contributed by atoms with Gasteiger partial charge in [-0.3, -0.25) is 4.79 Å². The van der Waals surface area contributed by atoms with Gasteiger partial charge in [0.05, 0.1) is 5.41 Å². The summed E-state index contributed by atoms with van der Waals surface area (Å²) in [7, 11) is 0. The Bertz CT molecular complexity index is 207. The molecule has 3 saturated carbocycles. The van der Waals surface area contributed by atoms with E-state index >= 15 is 0 Å². The molecule has 0 aliphatic heterocycles. The molecular weight excluding hydrogens is 159 g/mol. The normalized spacial score (nSPS) is 46.1. The number of halogens is 1. The molecule has 1 atom stereocenters. The van der Waals surface area contributed by atoms with Crippen molar-refractivity contribution in [3.8, 4) is 0 Å². The minimum absolute atomic E-state index is 0.159. The van der Waals surface area contributed by atoms with Crippen molar-refractivity contribution in [3.63, 3.8) is 0 Å². The van der Waals surface area contributed by atoms with Crippen LogP contribution in [0.4, 0.5) is 4.39 Å². The first-order valence-corrected chi connectivity index (χ1v) is 4.51. The molecule has 12 heavy (non-hydrogen) atoms. The zero-order valence-corrected chi connectivity index (χ0v) is 6.92. The van der Waals surface area contributed by atoms with Crippen molar-refractivity contribution in [1.82, 2.24) is 0 Å². The number of fused-ring (bicyclic) bond motifs is 3. The maximum Gasteiger partial charge on any atom is 0.309 e. The number of rotatable bonds is 1. The number of carboxylic acid groups (broad SMARTS) is 1. The number of aliphatic carboxylic acids is 1. The predicted octanol–water partition coefficient (Wildman–Crippen LogP) is 1.99. The Morgan fingerprint density at radius 3 is 2.33 bits per heavy atom. The number of alkyl halides is 1. The van der Waals surface area contributed by atoms with Gasteiger partial charge in [0.25, 0.3) is 0 Å². The molecule has 3 fully saturated rings. The lowest BCUT2D eigenvalue weighted by molar-refractivity contribution is -0.158. The van der Waals surface area contributed by atoms with Crippen molar-refractivity contribution in [1.29, 1.82) is 0 Å². The quantitative estimate of drug-likeness (QED) is 0.656. The van der Waals surface area contributed by atoms with Crippen molar-refractivity contribution in [2.75, 3.05) is 0 Å². The highest BCUT2D eigenvalue weighted by Gasteiger charge is 2.50. The summed E-state index contributed by atoms with van der Waals surface area (Å²) in [5.74, 6) is -0.630. The fourth-order valence-corrected chi connectivity index (χ4v) is 2.60. The topological polar surface area (TPSA) is 37.3 Å². The molecule has 3 aliphatic carbocycles. The number of hydrogen-bond acceptors (Lipinski definition) is 1. The van der Waals surface area contributed by atoms with Gasteiger partial charge in [0.2, 0.25) is 0 Å². The van der Waals surface area contributed by atoms with Crippen LogP contribution in [0.5, 0.6) is 0 Å². The van der Waals surface area contributed by atoms with Gasteiger partial charge in [-0.25, -0.2) is 4.39 Å². The summed E-state index contributed by atoms with van der Waals surface area (Å²) in [6, 6.07) is 0. The zero-order chi connectivity index (χ0) is 8.77. The number of carboxylic acids is 1. The molecule has 0 radical (unpaired) electrons. The van der Waals surface area contributed by atoms with Gasteiger partial charge in [0, 0.05) is 0 Å². The summed E-state index contributed by atoms with van der Waals surface area (Å²) in [5.41, 5.74) is -0.700. The minimum atomic E-state index is -0.858. The van der Waals surface area contributed by atoms with E-state index in [1.807, 2.05) is 0 Å². The Labute approximate surface area is 70.8 Å². The molecule has 2 nitrogen and oxygen atoms in total. The van der Waals surface area contributed by atoms with Crippen LogP contribution in [0.3, 0.4) is 0 Å². The lowest BCUT2D eigenvalue weighted by atomic mass is 9.60. The van der Waals surface area contributed by atoms with E-state index in [4.69, 9.17) is 5.11 Å². The Morgan fingerprint density at radius 1 is 1.42 bits per heavy atom. The largest absolute Gasteiger partial charge is 0.481 e. The minimum Gasteiger partial charge on any atom is -0.481 e. The second-order valence-electron chi connectivity index (χ2n) is 4.14. The fraction of sp³-hybridized carbons (Fsp3) is 0.889. The van der Waals surface area contributed by atoms with E-state index in [9.17, 15) is 9.18 Å². The average Bonchev–Trinajstić information content (AvgIpc) is 2.05. The molecular formula is C9H13FO2. The van der Waals surface area contributed by atoms with Crippen LogP contribution in [0.15, 0.2) is 0 Å². The molecule has 0 saturated heterocycles. The van der Waals surface area contributed by atoms with Crippen LogP contribution in [-0.4, -0.2) is 17.2 Å². The molecule has 0 aromatic heterocycles. The van der Waals surface area contributed by atoms with E-state index in [0.717, 1.165) is 12.8 Å². The van der Waals surface area contributed by atoms with E-state index in [-0.39, 0.29) is 12.3 Å². The molecule has 0 spiro atoms. The van der Waals surface area contributed by atoms with E-state index in [1.165, 1.54) is 0 Å². The van der Waals surface area contributed by atoms with E-state index in [0.29, 0.717) is 12.8 Å². The monoisotopic (exact) mass is 172 g/mol. The van der Waals surface area contributed by atoms with Gasteiger partial charge < -0.3 is 5.11 Å². The standard InChI is InChI=1S/C9H13FO2/c10-7-5-9(8(11)12)3-1-6(7)2-4-9/h6-7H,1-5H2,(H,11,12). The van der Waals surface area contributed by atoms with E-state index in [1.54, 1.807) is 0 Å². The maximum absolute atomic E-state index is 13.2. The Morgan fingerprint density at radius 2 is 2.00 bits per heavy atom. The van der Waals surface area contributed by atoms with Crippen LogP contribution < -0.4 is 0 Å². The summed E-state index contributed by atoms with van der Waals surface area (Å²) in [4.78, 5) is 10.9. The van der Waals surface area contributed by atoms with Crippen LogP contribution >= 0.6 is 0 Å². The highest BCUT2D eigenvalue weighted by molar-refractivity contribution is 5.75. The summed E-state index contributed by atoms with van der Waals surface area (Å²) in [6.45, 7) is 0. The first-order chi connectivity index (χ1) is 5.64. The SMILES string of the molecule is O=C(O)C12CCC(CC1)C(F)C2. The number of hydrogen-bond donors (Lipinski definition) is 1. The van der Waals surface area contributed by atoms with E-state index in [2.05, 4.69) is 0 Å². The van der Waals surface area contributed by atoms with Gasteiger partial charge in [-0.05, 0) is 38.0 Å². The number of carbonyl (C=O) groups is 1. The van der Waals surface area contributed by atoms with Crippen LogP contribution in [-0.2, 0) is 4.79 Å². The third kappa shape index (κ3) is 0.952. The third-order valence-corrected chi connectivity index (χ3v) is 3.54. The molecule has 0 amide bonds. The molecule has 1 unspecified atom stereocenters. The molecule has 3 aliphatic rings. The third-order valence-electron chi connectivity index (χ3n) is 3.54. The molecule has 3 heteroatoms. The zero-order valence-electron chi connectivity index (χ0n) is 6.92. The summed E-state index contributed by atoms with van der Waals surface area (Å²) >= 11 is 0. The highest BCUT2D eigenvalue weighted by atomic mass is 19.1.